The Morgan fingerprint density at radius 1 is 1.29 bits per heavy atom. The minimum absolute atomic E-state index is 0.307. The number of furan rings is 1. The summed E-state index contributed by atoms with van der Waals surface area (Å²) in [5.74, 6) is -2.47. The molecule has 0 saturated heterocycles. The molecule has 1 aromatic heterocycles. The number of thioether (sulfide) groups is 1. The van der Waals surface area contributed by atoms with Crippen molar-refractivity contribution in [2.45, 2.75) is 16.7 Å². The van der Waals surface area contributed by atoms with Crippen LogP contribution in [0.4, 0.5) is 8.78 Å². The lowest BCUT2D eigenvalue weighted by atomic mass is 10.2. The maximum absolute atomic E-state index is 12.2. The normalized spacial score (nSPS) is 12.4. The monoisotopic (exact) mass is 313 g/mol. The molecule has 1 heterocycles. The Morgan fingerprint density at radius 2 is 2.00 bits per heavy atom. The largest absolute Gasteiger partial charge is 0.467 e. The fourth-order valence-corrected chi connectivity index (χ4v) is 2.22. The van der Waals surface area contributed by atoms with Crippen molar-refractivity contribution in [2.24, 2.45) is 0 Å². The Bertz CT molecular complexity index is 572. The van der Waals surface area contributed by atoms with Gasteiger partial charge in [-0.15, -0.1) is 0 Å². The minimum Gasteiger partial charge on any atom is -0.467 e. The van der Waals surface area contributed by atoms with E-state index in [0.29, 0.717) is 28.0 Å². The van der Waals surface area contributed by atoms with E-state index in [4.69, 9.17) is 4.42 Å². The first-order chi connectivity index (χ1) is 10.1. The van der Waals surface area contributed by atoms with Crippen LogP contribution in [0.15, 0.2) is 52.0 Å². The van der Waals surface area contributed by atoms with Gasteiger partial charge in [-0.1, -0.05) is 11.8 Å². The molecule has 1 amide bonds. The van der Waals surface area contributed by atoms with Gasteiger partial charge < -0.3 is 14.8 Å². The number of aliphatic hydroxyl groups is 1. The number of benzene rings is 1. The second-order valence-electron chi connectivity index (χ2n) is 4.13. The van der Waals surface area contributed by atoms with Crippen molar-refractivity contribution in [2.75, 3.05) is 6.61 Å². The van der Waals surface area contributed by atoms with Crippen molar-refractivity contribution in [1.82, 2.24) is 5.32 Å². The van der Waals surface area contributed by atoms with E-state index in [-0.39, 0.29) is 6.61 Å². The van der Waals surface area contributed by atoms with Crippen LogP contribution in [0.5, 0.6) is 0 Å². The summed E-state index contributed by atoms with van der Waals surface area (Å²) in [7, 11) is 0. The average Bonchev–Trinajstić information content (AvgIpc) is 2.98. The number of carbonyl (C=O) groups excluding carboxylic acids is 1. The van der Waals surface area contributed by atoms with E-state index in [2.05, 4.69) is 5.32 Å². The zero-order chi connectivity index (χ0) is 15.2. The molecule has 0 aliphatic heterocycles. The molecule has 7 heteroatoms. The molecule has 2 rings (SSSR count). The molecule has 1 atom stereocenters. The molecular weight excluding hydrogens is 300 g/mol. The second kappa shape index (κ2) is 7.24. The molecule has 0 aliphatic carbocycles. The minimum atomic E-state index is -2.50. The van der Waals surface area contributed by atoms with Gasteiger partial charge in [0.25, 0.3) is 11.7 Å². The van der Waals surface area contributed by atoms with Gasteiger partial charge in [-0.2, -0.15) is 8.78 Å². The first-order valence-corrected chi connectivity index (χ1v) is 6.98. The van der Waals surface area contributed by atoms with Gasteiger partial charge in [0.15, 0.2) is 0 Å². The molecule has 0 spiro atoms. The van der Waals surface area contributed by atoms with Gasteiger partial charge in [-0.25, -0.2) is 0 Å². The number of carbonyl (C=O) groups is 1. The number of aliphatic hydroxyl groups excluding tert-OH is 1. The molecule has 0 fully saturated rings. The van der Waals surface area contributed by atoms with Crippen molar-refractivity contribution in [3.8, 4) is 0 Å². The number of amides is 1. The number of nitrogens with one attached hydrogen (secondary N) is 1. The highest BCUT2D eigenvalue weighted by molar-refractivity contribution is 7.99. The first-order valence-electron chi connectivity index (χ1n) is 6.10. The smallest absolute Gasteiger partial charge is 0.288 e. The van der Waals surface area contributed by atoms with Gasteiger partial charge in [0.1, 0.15) is 11.8 Å². The molecule has 4 nitrogen and oxygen atoms in total. The predicted molar refractivity (Wildman–Crippen MR) is 74.3 cm³/mol. The Morgan fingerprint density at radius 3 is 2.52 bits per heavy atom. The zero-order valence-electron chi connectivity index (χ0n) is 10.8. The van der Waals surface area contributed by atoms with Crippen molar-refractivity contribution in [1.29, 1.82) is 0 Å². The lowest BCUT2D eigenvalue weighted by molar-refractivity contribution is 0.0907. The van der Waals surface area contributed by atoms with Crippen molar-refractivity contribution >= 4 is 17.7 Å². The highest BCUT2D eigenvalue weighted by Crippen LogP contribution is 2.25. The maximum atomic E-state index is 12.2. The summed E-state index contributed by atoms with van der Waals surface area (Å²) in [4.78, 5) is 12.4. The summed E-state index contributed by atoms with van der Waals surface area (Å²) in [5, 5.41) is 11.9. The molecule has 2 N–H and O–H groups in total. The Labute approximate surface area is 124 Å². The summed E-state index contributed by atoms with van der Waals surface area (Å²) in [6.07, 6.45) is 1.44. The third-order valence-corrected chi connectivity index (χ3v) is 3.44. The summed E-state index contributed by atoms with van der Waals surface area (Å²) in [6, 6.07) is 8.46. The van der Waals surface area contributed by atoms with E-state index in [1.165, 1.54) is 30.5 Å². The molecule has 112 valence electrons. The SMILES string of the molecule is O=C(NC(CO)c1ccco1)c1ccc(SC(F)F)cc1. The highest BCUT2D eigenvalue weighted by Gasteiger charge is 2.17. The van der Waals surface area contributed by atoms with Gasteiger partial charge in [0.2, 0.25) is 0 Å². The lowest BCUT2D eigenvalue weighted by Crippen LogP contribution is -2.30. The van der Waals surface area contributed by atoms with E-state index >= 15 is 0 Å². The van der Waals surface area contributed by atoms with E-state index < -0.39 is 17.7 Å². The molecule has 1 aromatic carbocycles. The Kier molecular flexibility index (Phi) is 5.35. The van der Waals surface area contributed by atoms with Gasteiger partial charge in [-0.3, -0.25) is 4.79 Å². The molecule has 2 aromatic rings. The first kappa shape index (κ1) is 15.5. The van der Waals surface area contributed by atoms with E-state index in [1.54, 1.807) is 12.1 Å². The highest BCUT2D eigenvalue weighted by atomic mass is 32.2. The summed E-state index contributed by atoms with van der Waals surface area (Å²) >= 11 is 0.415. The third kappa shape index (κ3) is 4.30. The third-order valence-electron chi connectivity index (χ3n) is 2.72. The second-order valence-corrected chi connectivity index (χ2v) is 5.19. The number of rotatable bonds is 6. The standard InChI is InChI=1S/C14H13F2NO3S/c15-14(16)21-10-5-3-9(4-6-10)13(19)17-11(8-18)12-2-1-7-20-12/h1-7,11,14,18H,8H2,(H,17,19). The number of hydrogen-bond donors (Lipinski definition) is 2. The van der Waals surface area contributed by atoms with Crippen LogP contribution in [0.25, 0.3) is 0 Å². The molecule has 21 heavy (non-hydrogen) atoms. The zero-order valence-corrected chi connectivity index (χ0v) is 11.6. The Hall–Kier alpha value is -1.86. The summed E-state index contributed by atoms with van der Waals surface area (Å²) in [6.45, 7) is -0.307. The topological polar surface area (TPSA) is 62.5 Å². The van der Waals surface area contributed by atoms with Gasteiger partial charge in [0.05, 0.1) is 12.9 Å². The average molecular weight is 313 g/mol. The maximum Gasteiger partial charge on any atom is 0.288 e. The van der Waals surface area contributed by atoms with E-state index in [1.807, 2.05) is 0 Å². The molecule has 0 bridgehead atoms. The van der Waals surface area contributed by atoms with Gasteiger partial charge in [-0.05, 0) is 36.4 Å². The van der Waals surface area contributed by atoms with Crippen LogP contribution in [0.3, 0.4) is 0 Å². The molecule has 0 radical (unpaired) electrons. The van der Waals surface area contributed by atoms with Crippen LogP contribution in [-0.4, -0.2) is 23.4 Å². The van der Waals surface area contributed by atoms with Gasteiger partial charge in [0, 0.05) is 10.5 Å². The number of halogens is 2. The van der Waals surface area contributed by atoms with Crippen LogP contribution >= 0.6 is 11.8 Å². The predicted octanol–water partition coefficient (Wildman–Crippen LogP) is 3.06. The fraction of sp³-hybridized carbons (Fsp3) is 0.214. The molecule has 0 saturated carbocycles. The van der Waals surface area contributed by atoms with Crippen molar-refractivity contribution < 1.29 is 23.1 Å². The molecule has 0 aliphatic rings. The van der Waals surface area contributed by atoms with E-state index in [0.717, 1.165) is 0 Å². The summed E-state index contributed by atoms with van der Waals surface area (Å²) in [5.41, 5.74) is 0.318. The van der Waals surface area contributed by atoms with Gasteiger partial charge >= 0.3 is 0 Å². The van der Waals surface area contributed by atoms with Crippen LogP contribution in [0.1, 0.15) is 22.2 Å². The van der Waals surface area contributed by atoms with Crippen LogP contribution in [0.2, 0.25) is 0 Å². The van der Waals surface area contributed by atoms with Crippen LogP contribution < -0.4 is 5.32 Å². The fourth-order valence-electron chi connectivity index (χ4n) is 1.73. The van der Waals surface area contributed by atoms with Crippen molar-refractivity contribution in [3.05, 3.63) is 54.0 Å². The lowest BCUT2D eigenvalue weighted by Gasteiger charge is -2.14. The van der Waals surface area contributed by atoms with Crippen LogP contribution in [-0.2, 0) is 0 Å². The van der Waals surface area contributed by atoms with Crippen molar-refractivity contribution in [3.63, 3.8) is 0 Å². The quantitative estimate of drug-likeness (QED) is 0.805. The van der Waals surface area contributed by atoms with Crippen LogP contribution in [0, 0.1) is 0 Å². The molecule has 1 unspecified atom stereocenters. The molecular formula is C14H13F2NO3S. The van der Waals surface area contributed by atoms with E-state index in [9.17, 15) is 18.7 Å². The summed E-state index contributed by atoms with van der Waals surface area (Å²) < 4.78 is 29.5. The Balaban J connectivity index is 2.02. The number of hydrogen-bond acceptors (Lipinski definition) is 4. The number of alkyl halides is 2.